The van der Waals surface area contributed by atoms with Crippen molar-refractivity contribution >= 4 is 18.9 Å². The number of hydrogen-bond donors (Lipinski definition) is 0. The van der Waals surface area contributed by atoms with Crippen LogP contribution in [-0.4, -0.2) is 21.8 Å². The van der Waals surface area contributed by atoms with Gasteiger partial charge >= 0.3 is 8.56 Å². The Labute approximate surface area is 167 Å². The normalized spacial score (nSPS) is 14.1. The van der Waals surface area contributed by atoms with E-state index in [9.17, 15) is 0 Å². The maximum Gasteiger partial charge on any atom is 0.407 e. The van der Waals surface area contributed by atoms with Gasteiger partial charge in [0.1, 0.15) is 0 Å². The first kappa shape index (κ1) is 21.9. The Kier molecular flexibility index (Phi) is 9.26. The molecule has 148 valence electrons. The van der Waals surface area contributed by atoms with E-state index in [2.05, 4.69) is 88.4 Å². The SMILES string of the molecule is CCC(C)CCO[Si](OCCC(C)CC)(c1ccccc1)c1ccccc1. The molecule has 2 aromatic carbocycles. The van der Waals surface area contributed by atoms with Crippen molar-refractivity contribution in [3.63, 3.8) is 0 Å². The largest absolute Gasteiger partial charge is 0.407 e. The Balaban J connectivity index is 2.32. The van der Waals surface area contributed by atoms with E-state index >= 15 is 0 Å². The second kappa shape index (κ2) is 11.4. The van der Waals surface area contributed by atoms with Crippen LogP contribution in [-0.2, 0) is 8.85 Å². The Morgan fingerprint density at radius 1 is 0.667 bits per heavy atom. The molecule has 0 spiro atoms. The van der Waals surface area contributed by atoms with Gasteiger partial charge in [0.25, 0.3) is 0 Å². The number of hydrogen-bond acceptors (Lipinski definition) is 2. The van der Waals surface area contributed by atoms with Gasteiger partial charge in [-0.2, -0.15) is 0 Å². The maximum absolute atomic E-state index is 6.71. The van der Waals surface area contributed by atoms with E-state index in [1.165, 1.54) is 23.2 Å². The third-order valence-electron chi connectivity index (χ3n) is 5.53. The van der Waals surface area contributed by atoms with Crippen molar-refractivity contribution in [2.45, 2.75) is 53.4 Å². The Bertz CT molecular complexity index is 572. The lowest BCUT2D eigenvalue weighted by Gasteiger charge is -2.32. The minimum atomic E-state index is -2.71. The van der Waals surface area contributed by atoms with Gasteiger partial charge in [0.15, 0.2) is 0 Å². The third kappa shape index (κ3) is 6.30. The molecule has 0 aliphatic rings. The molecule has 0 aromatic heterocycles. The van der Waals surface area contributed by atoms with Gasteiger partial charge in [0.2, 0.25) is 0 Å². The predicted octanol–water partition coefficient (Wildman–Crippen LogP) is 5.15. The van der Waals surface area contributed by atoms with Crippen molar-refractivity contribution in [2.24, 2.45) is 11.8 Å². The zero-order valence-electron chi connectivity index (χ0n) is 17.5. The molecule has 0 fully saturated rings. The van der Waals surface area contributed by atoms with E-state index in [-0.39, 0.29) is 0 Å². The molecular weight excluding hydrogens is 348 g/mol. The van der Waals surface area contributed by atoms with E-state index in [1.54, 1.807) is 0 Å². The van der Waals surface area contributed by atoms with Crippen LogP contribution >= 0.6 is 0 Å². The predicted molar refractivity (Wildman–Crippen MR) is 118 cm³/mol. The van der Waals surface area contributed by atoms with Crippen molar-refractivity contribution in [1.82, 2.24) is 0 Å². The minimum absolute atomic E-state index is 0.670. The average molecular weight is 385 g/mol. The average Bonchev–Trinajstić information content (AvgIpc) is 2.73. The van der Waals surface area contributed by atoms with Crippen LogP contribution in [0, 0.1) is 11.8 Å². The molecule has 0 aliphatic heterocycles. The fraction of sp³-hybridized carbons (Fsp3) is 0.500. The summed E-state index contributed by atoms with van der Waals surface area (Å²) in [4.78, 5) is 0. The fourth-order valence-corrected chi connectivity index (χ4v) is 6.23. The highest BCUT2D eigenvalue weighted by Crippen LogP contribution is 2.16. The molecule has 0 saturated heterocycles. The monoisotopic (exact) mass is 384 g/mol. The zero-order valence-corrected chi connectivity index (χ0v) is 18.5. The van der Waals surface area contributed by atoms with E-state index in [0.29, 0.717) is 11.8 Å². The van der Waals surface area contributed by atoms with Crippen molar-refractivity contribution < 1.29 is 8.85 Å². The molecule has 0 bridgehead atoms. The summed E-state index contributed by atoms with van der Waals surface area (Å²) in [5.74, 6) is 1.34. The summed E-state index contributed by atoms with van der Waals surface area (Å²) in [5.41, 5.74) is 0. The fourth-order valence-electron chi connectivity index (χ4n) is 3.07. The Hall–Kier alpha value is -1.42. The van der Waals surface area contributed by atoms with E-state index in [0.717, 1.165) is 26.1 Å². The lowest BCUT2D eigenvalue weighted by molar-refractivity contribution is 0.172. The van der Waals surface area contributed by atoms with Gasteiger partial charge in [0, 0.05) is 13.2 Å². The van der Waals surface area contributed by atoms with Crippen LogP contribution in [0.25, 0.3) is 0 Å². The van der Waals surface area contributed by atoms with Crippen molar-refractivity contribution in [3.05, 3.63) is 60.7 Å². The summed E-state index contributed by atoms with van der Waals surface area (Å²) in [7, 11) is -2.71. The highest BCUT2D eigenvalue weighted by Gasteiger charge is 2.42. The van der Waals surface area contributed by atoms with Crippen molar-refractivity contribution in [3.8, 4) is 0 Å². The quantitative estimate of drug-likeness (QED) is 0.471. The van der Waals surface area contributed by atoms with Crippen molar-refractivity contribution in [1.29, 1.82) is 0 Å². The summed E-state index contributed by atoms with van der Waals surface area (Å²) in [6.45, 7) is 10.6. The summed E-state index contributed by atoms with van der Waals surface area (Å²) < 4.78 is 13.4. The Morgan fingerprint density at radius 3 is 1.37 bits per heavy atom. The van der Waals surface area contributed by atoms with Gasteiger partial charge in [-0.1, -0.05) is 101 Å². The first-order valence-electron chi connectivity index (χ1n) is 10.5. The maximum atomic E-state index is 6.71. The Morgan fingerprint density at radius 2 is 1.04 bits per heavy atom. The third-order valence-corrected chi connectivity index (χ3v) is 8.94. The van der Waals surface area contributed by atoms with Gasteiger partial charge in [0.05, 0.1) is 0 Å². The summed E-state index contributed by atoms with van der Waals surface area (Å²) >= 11 is 0. The van der Waals surface area contributed by atoms with Crippen LogP contribution in [0.15, 0.2) is 60.7 Å². The molecule has 2 rings (SSSR count). The molecule has 27 heavy (non-hydrogen) atoms. The standard InChI is InChI=1S/C24H36O2Si/c1-5-21(3)17-19-25-27(23-13-9-7-10-14-23,24-15-11-8-12-16-24)26-20-18-22(4)6-2/h7-16,21-22H,5-6,17-20H2,1-4H3. The minimum Gasteiger partial charge on any atom is -0.388 e. The van der Waals surface area contributed by atoms with Crippen LogP contribution < -0.4 is 10.4 Å². The number of benzene rings is 2. The molecule has 2 unspecified atom stereocenters. The summed E-state index contributed by atoms with van der Waals surface area (Å²) in [6.07, 6.45) is 4.51. The van der Waals surface area contributed by atoms with Gasteiger partial charge in [-0.25, -0.2) is 0 Å². The van der Waals surface area contributed by atoms with Crippen LogP contribution in [0.2, 0.25) is 0 Å². The molecule has 0 N–H and O–H groups in total. The van der Waals surface area contributed by atoms with Gasteiger partial charge in [-0.05, 0) is 35.1 Å². The molecule has 0 aliphatic carbocycles. The highest BCUT2D eigenvalue weighted by atomic mass is 28.4. The first-order valence-corrected chi connectivity index (χ1v) is 12.3. The molecule has 2 nitrogen and oxygen atoms in total. The van der Waals surface area contributed by atoms with Crippen LogP contribution in [0.4, 0.5) is 0 Å². The second-order valence-corrected chi connectivity index (χ2v) is 10.6. The first-order chi connectivity index (χ1) is 13.1. The molecule has 3 heteroatoms. The van der Waals surface area contributed by atoms with Crippen LogP contribution in [0.1, 0.15) is 53.4 Å². The van der Waals surface area contributed by atoms with Gasteiger partial charge in [-0.3, -0.25) is 0 Å². The number of rotatable bonds is 12. The van der Waals surface area contributed by atoms with Gasteiger partial charge in [-0.15, -0.1) is 0 Å². The van der Waals surface area contributed by atoms with Crippen LogP contribution in [0.3, 0.4) is 0 Å². The van der Waals surface area contributed by atoms with Crippen LogP contribution in [0.5, 0.6) is 0 Å². The molecule has 0 saturated carbocycles. The highest BCUT2D eigenvalue weighted by molar-refractivity contribution is 6.92. The topological polar surface area (TPSA) is 18.5 Å². The summed E-state index contributed by atoms with van der Waals surface area (Å²) in [5, 5.41) is 2.40. The van der Waals surface area contributed by atoms with E-state index < -0.39 is 8.56 Å². The van der Waals surface area contributed by atoms with Crippen molar-refractivity contribution in [2.75, 3.05) is 13.2 Å². The summed E-state index contributed by atoms with van der Waals surface area (Å²) in [6, 6.07) is 21.2. The second-order valence-electron chi connectivity index (χ2n) is 7.65. The zero-order chi connectivity index (χ0) is 19.5. The lowest BCUT2D eigenvalue weighted by atomic mass is 10.1. The molecule has 0 radical (unpaired) electrons. The molecule has 2 aromatic rings. The lowest BCUT2D eigenvalue weighted by Crippen LogP contribution is -2.63. The smallest absolute Gasteiger partial charge is 0.388 e. The molecule has 0 amide bonds. The van der Waals surface area contributed by atoms with E-state index in [1.807, 2.05) is 0 Å². The van der Waals surface area contributed by atoms with E-state index in [4.69, 9.17) is 8.85 Å². The van der Waals surface area contributed by atoms with Gasteiger partial charge < -0.3 is 8.85 Å². The molecular formula is C24H36O2Si. The molecule has 2 atom stereocenters. The molecule has 0 heterocycles.